The molecule has 0 saturated heterocycles. The monoisotopic (exact) mass is 460 g/mol. The van der Waals surface area contributed by atoms with Gasteiger partial charge in [0.15, 0.2) is 0 Å². The number of aliphatic hydroxyl groups is 1. The third-order valence-electron chi connectivity index (χ3n) is 7.24. The van der Waals surface area contributed by atoms with Crippen LogP contribution in [0.15, 0.2) is 114 Å². The Morgan fingerprint density at radius 3 is 1.80 bits per heavy atom. The molecule has 2 atom stereocenters. The molecule has 0 radical (unpaired) electrons. The largest absolute Gasteiger partial charge is 0.386 e. The van der Waals surface area contributed by atoms with Gasteiger partial charge in [-0.2, -0.15) is 0 Å². The zero-order valence-corrected chi connectivity index (χ0v) is 20.4. The quantitative estimate of drug-likeness (QED) is 0.329. The lowest BCUT2D eigenvalue weighted by Crippen LogP contribution is -2.47. The summed E-state index contributed by atoms with van der Waals surface area (Å²) in [6.07, 6.45) is 2.17. The number of hydrogen-bond donors (Lipinski definition) is 1. The average molecular weight is 461 g/mol. The van der Waals surface area contributed by atoms with Crippen LogP contribution < -0.4 is 0 Å². The molecule has 3 nitrogen and oxygen atoms in total. The lowest BCUT2D eigenvalue weighted by atomic mass is 9.75. The van der Waals surface area contributed by atoms with Gasteiger partial charge in [0.05, 0.1) is 12.4 Å². The summed E-state index contributed by atoms with van der Waals surface area (Å²) in [6, 6.07) is 37.9. The first-order valence-corrected chi connectivity index (χ1v) is 12.4. The Morgan fingerprint density at radius 1 is 0.800 bits per heavy atom. The minimum Gasteiger partial charge on any atom is -0.386 e. The third-order valence-corrected chi connectivity index (χ3v) is 7.24. The van der Waals surface area contributed by atoms with Crippen molar-refractivity contribution in [3.63, 3.8) is 0 Å². The lowest BCUT2D eigenvalue weighted by molar-refractivity contribution is 0.132. The van der Waals surface area contributed by atoms with Crippen molar-refractivity contribution < 1.29 is 5.11 Å². The minimum atomic E-state index is -0.660. The highest BCUT2D eigenvalue weighted by molar-refractivity contribution is 5.66. The number of aliphatic imine (C=N–C) groups is 1. The molecule has 2 unspecified atom stereocenters. The number of nitrogens with zero attached hydrogens (tertiary/aromatic N) is 2. The van der Waals surface area contributed by atoms with Crippen LogP contribution in [-0.4, -0.2) is 28.9 Å². The summed E-state index contributed by atoms with van der Waals surface area (Å²) in [5.41, 5.74) is 6.26. The number of rotatable bonds is 7. The van der Waals surface area contributed by atoms with E-state index in [9.17, 15) is 5.11 Å². The lowest BCUT2D eigenvalue weighted by Gasteiger charge is -2.43. The van der Waals surface area contributed by atoms with E-state index in [1.54, 1.807) is 0 Å². The molecule has 0 bridgehead atoms. The van der Waals surface area contributed by atoms with E-state index in [1.165, 1.54) is 22.3 Å². The molecule has 0 aliphatic carbocycles. The predicted octanol–water partition coefficient (Wildman–Crippen LogP) is 6.30. The van der Waals surface area contributed by atoms with Crippen molar-refractivity contribution in [2.75, 3.05) is 6.54 Å². The summed E-state index contributed by atoms with van der Waals surface area (Å²) in [5, 5.41) is 11.6. The van der Waals surface area contributed by atoms with Gasteiger partial charge in [-0.05, 0) is 46.7 Å². The van der Waals surface area contributed by atoms with Crippen molar-refractivity contribution in [2.45, 2.75) is 38.0 Å². The van der Waals surface area contributed by atoms with Gasteiger partial charge in [-0.3, -0.25) is 4.99 Å². The maximum atomic E-state index is 11.6. The summed E-state index contributed by atoms with van der Waals surface area (Å²) >= 11 is 0. The molecule has 0 saturated carbocycles. The third kappa shape index (κ3) is 4.06. The van der Waals surface area contributed by atoms with E-state index in [0.717, 1.165) is 17.5 Å². The first-order chi connectivity index (χ1) is 17.2. The zero-order valence-electron chi connectivity index (χ0n) is 20.4. The molecule has 35 heavy (non-hydrogen) atoms. The zero-order chi connectivity index (χ0) is 24.3. The summed E-state index contributed by atoms with van der Waals surface area (Å²) in [7, 11) is 0. The molecule has 1 heterocycles. The average Bonchev–Trinajstić information content (AvgIpc) is 3.41. The van der Waals surface area contributed by atoms with Crippen molar-refractivity contribution in [2.24, 2.45) is 4.99 Å². The topological polar surface area (TPSA) is 35.8 Å². The number of benzene rings is 4. The van der Waals surface area contributed by atoms with Gasteiger partial charge < -0.3 is 10.0 Å². The fourth-order valence-corrected chi connectivity index (χ4v) is 5.57. The second-order valence-electron chi connectivity index (χ2n) is 9.24. The summed E-state index contributed by atoms with van der Waals surface area (Å²) in [6.45, 7) is 4.83. The van der Waals surface area contributed by atoms with Crippen LogP contribution in [0, 0.1) is 6.92 Å². The van der Waals surface area contributed by atoms with Gasteiger partial charge in [-0.25, -0.2) is 0 Å². The summed E-state index contributed by atoms with van der Waals surface area (Å²) in [4.78, 5) is 7.21. The van der Waals surface area contributed by atoms with Crippen molar-refractivity contribution in [1.82, 2.24) is 4.90 Å². The molecule has 5 rings (SSSR count). The maximum absolute atomic E-state index is 11.6. The molecular formula is C32H32N2O. The van der Waals surface area contributed by atoms with Gasteiger partial charge >= 0.3 is 0 Å². The molecule has 1 N–H and O–H groups in total. The van der Waals surface area contributed by atoms with Crippen LogP contribution in [0.5, 0.6) is 0 Å². The Bertz CT molecular complexity index is 1190. The van der Waals surface area contributed by atoms with Crippen LogP contribution in [0.4, 0.5) is 0 Å². The predicted molar refractivity (Wildman–Crippen MR) is 144 cm³/mol. The van der Waals surface area contributed by atoms with Gasteiger partial charge in [0, 0.05) is 6.54 Å². The molecule has 4 aromatic rings. The number of hydrogen-bond acceptors (Lipinski definition) is 3. The van der Waals surface area contributed by atoms with E-state index in [4.69, 9.17) is 4.99 Å². The Morgan fingerprint density at radius 2 is 1.31 bits per heavy atom. The standard InChI is InChI=1S/C32H32N2O/c1-3-25-15-13-14-24(2)30(25)31(35)29-22-34(23-33-29)32(26-16-7-4-8-17-26,27-18-9-5-10-19-27)28-20-11-6-12-21-28/h4-21,23,29,31,35H,3,22H2,1-2H3. The summed E-state index contributed by atoms with van der Waals surface area (Å²) < 4.78 is 0. The second kappa shape index (κ2) is 9.89. The van der Waals surface area contributed by atoms with Crippen molar-refractivity contribution in [1.29, 1.82) is 0 Å². The molecular weight excluding hydrogens is 428 g/mol. The van der Waals surface area contributed by atoms with Gasteiger partial charge in [0.25, 0.3) is 0 Å². The molecule has 4 aromatic carbocycles. The highest BCUT2D eigenvalue weighted by atomic mass is 16.3. The minimum absolute atomic E-state index is 0.253. The van der Waals surface area contributed by atoms with Crippen molar-refractivity contribution in [3.05, 3.63) is 143 Å². The van der Waals surface area contributed by atoms with Gasteiger partial charge in [0.2, 0.25) is 0 Å². The smallest absolute Gasteiger partial charge is 0.117 e. The van der Waals surface area contributed by atoms with Gasteiger partial charge in [-0.1, -0.05) is 116 Å². The number of aliphatic hydroxyl groups excluding tert-OH is 1. The molecule has 176 valence electrons. The molecule has 0 fully saturated rings. The Kier molecular flexibility index (Phi) is 6.52. The Balaban J connectivity index is 1.63. The molecule has 1 aliphatic rings. The van der Waals surface area contributed by atoms with E-state index >= 15 is 0 Å². The second-order valence-corrected chi connectivity index (χ2v) is 9.24. The summed E-state index contributed by atoms with van der Waals surface area (Å²) in [5.74, 6) is 0. The van der Waals surface area contributed by atoms with E-state index in [1.807, 2.05) is 6.34 Å². The fourth-order valence-electron chi connectivity index (χ4n) is 5.57. The van der Waals surface area contributed by atoms with E-state index in [2.05, 4.69) is 128 Å². The van der Waals surface area contributed by atoms with Gasteiger partial charge in [-0.15, -0.1) is 0 Å². The molecule has 0 spiro atoms. The fraction of sp³-hybridized carbons (Fsp3) is 0.219. The van der Waals surface area contributed by atoms with Crippen LogP contribution in [0.3, 0.4) is 0 Å². The molecule has 3 heteroatoms. The normalized spacial score (nSPS) is 16.4. The number of aryl methyl sites for hydroxylation is 2. The first-order valence-electron chi connectivity index (χ1n) is 12.4. The van der Waals surface area contributed by atoms with Crippen LogP contribution in [-0.2, 0) is 12.0 Å². The molecule has 0 amide bonds. The van der Waals surface area contributed by atoms with Crippen LogP contribution in [0.2, 0.25) is 0 Å². The Hall–Kier alpha value is -3.69. The highest BCUT2D eigenvalue weighted by Gasteiger charge is 2.44. The van der Waals surface area contributed by atoms with Crippen LogP contribution in [0.1, 0.15) is 46.4 Å². The van der Waals surface area contributed by atoms with Crippen molar-refractivity contribution in [3.8, 4) is 0 Å². The maximum Gasteiger partial charge on any atom is 0.117 e. The molecule has 0 aromatic heterocycles. The van der Waals surface area contributed by atoms with E-state index < -0.39 is 11.6 Å². The van der Waals surface area contributed by atoms with E-state index in [-0.39, 0.29) is 6.04 Å². The SMILES string of the molecule is CCc1cccc(C)c1C(O)C1CN(C(c2ccccc2)(c2ccccc2)c2ccccc2)C=N1. The van der Waals surface area contributed by atoms with Crippen LogP contribution >= 0.6 is 0 Å². The van der Waals surface area contributed by atoms with Gasteiger partial charge in [0.1, 0.15) is 11.6 Å². The highest BCUT2D eigenvalue weighted by Crippen LogP contribution is 2.44. The molecule has 1 aliphatic heterocycles. The van der Waals surface area contributed by atoms with E-state index in [0.29, 0.717) is 6.54 Å². The van der Waals surface area contributed by atoms with Crippen LogP contribution in [0.25, 0.3) is 0 Å². The first kappa shape index (κ1) is 23.1. The Labute approximate surface area is 208 Å². The van der Waals surface area contributed by atoms with Crippen molar-refractivity contribution >= 4 is 6.34 Å².